The molecule has 2 aliphatic rings. The van der Waals surface area contributed by atoms with E-state index in [9.17, 15) is 5.11 Å². The molecule has 0 amide bonds. The molecule has 0 radical (unpaired) electrons. The van der Waals surface area contributed by atoms with Gasteiger partial charge in [-0.15, -0.1) is 0 Å². The van der Waals surface area contributed by atoms with E-state index in [-0.39, 0.29) is 5.92 Å². The lowest BCUT2D eigenvalue weighted by Crippen LogP contribution is -2.37. The summed E-state index contributed by atoms with van der Waals surface area (Å²) in [6, 6.07) is 14.2. The Morgan fingerprint density at radius 3 is 2.52 bits per heavy atom. The van der Waals surface area contributed by atoms with Crippen LogP contribution >= 0.6 is 23.4 Å². The molecule has 1 aliphatic heterocycles. The maximum Gasteiger partial charge on any atom is 0.120 e. The van der Waals surface area contributed by atoms with Crippen LogP contribution in [0.4, 0.5) is 0 Å². The first-order valence-corrected chi connectivity index (χ1v) is 8.69. The van der Waals surface area contributed by atoms with Gasteiger partial charge in [0.1, 0.15) is 5.60 Å². The normalized spacial score (nSPS) is 24.7. The van der Waals surface area contributed by atoms with Crippen molar-refractivity contribution in [1.29, 1.82) is 0 Å². The van der Waals surface area contributed by atoms with Crippen molar-refractivity contribution in [2.75, 3.05) is 0 Å². The minimum atomic E-state index is -0.890. The molecule has 21 heavy (non-hydrogen) atoms. The fraction of sp³-hybridized carbons (Fsp3) is 0.333. The molecule has 0 aromatic heterocycles. The van der Waals surface area contributed by atoms with Gasteiger partial charge in [0, 0.05) is 25.9 Å². The van der Waals surface area contributed by atoms with E-state index >= 15 is 0 Å². The quantitative estimate of drug-likeness (QED) is 0.777. The lowest BCUT2D eigenvalue weighted by Gasteiger charge is -2.40. The van der Waals surface area contributed by atoms with Crippen LogP contribution in [0.3, 0.4) is 0 Å². The third-order valence-electron chi connectivity index (χ3n) is 4.82. The molecule has 0 bridgehead atoms. The summed E-state index contributed by atoms with van der Waals surface area (Å²) < 4.78 is 0. The average Bonchev–Trinajstić information content (AvgIpc) is 3.03. The lowest BCUT2D eigenvalue weighted by molar-refractivity contribution is 0.0129. The summed E-state index contributed by atoms with van der Waals surface area (Å²) in [5, 5.41) is 12.4. The third kappa shape index (κ3) is 2.04. The van der Waals surface area contributed by atoms with Gasteiger partial charge in [0.15, 0.2) is 0 Å². The number of fused-ring (bicyclic) bond motifs is 2. The number of benzene rings is 2. The van der Waals surface area contributed by atoms with E-state index in [1.807, 2.05) is 30.3 Å². The molecular weight excluding hydrogens is 300 g/mol. The fourth-order valence-corrected chi connectivity index (χ4v) is 5.16. The first kappa shape index (κ1) is 13.7. The molecule has 2 aromatic carbocycles. The lowest BCUT2D eigenvalue weighted by atomic mass is 9.75. The molecule has 1 heterocycles. The van der Waals surface area contributed by atoms with Crippen LogP contribution in [-0.2, 0) is 5.60 Å². The minimum absolute atomic E-state index is 0.289. The zero-order chi connectivity index (χ0) is 14.4. The van der Waals surface area contributed by atoms with Gasteiger partial charge in [-0.1, -0.05) is 54.4 Å². The third-order valence-corrected chi connectivity index (χ3v) is 6.20. The van der Waals surface area contributed by atoms with E-state index in [1.165, 1.54) is 17.7 Å². The SMILES string of the molecule is OC1(C2CCCC2)c2ccccc2Sc2ccc(Cl)cc21. The van der Waals surface area contributed by atoms with Crippen molar-refractivity contribution < 1.29 is 5.11 Å². The summed E-state index contributed by atoms with van der Waals surface area (Å²) in [5.41, 5.74) is 1.15. The predicted octanol–water partition coefficient (Wildman–Crippen LogP) is 5.23. The first-order chi connectivity index (χ1) is 10.2. The molecule has 1 saturated carbocycles. The van der Waals surface area contributed by atoms with Gasteiger partial charge >= 0.3 is 0 Å². The Hall–Kier alpha value is -0.960. The van der Waals surface area contributed by atoms with Gasteiger partial charge in [-0.3, -0.25) is 0 Å². The Morgan fingerprint density at radius 1 is 1.00 bits per heavy atom. The van der Waals surface area contributed by atoms with Crippen LogP contribution in [0, 0.1) is 5.92 Å². The van der Waals surface area contributed by atoms with Crippen LogP contribution in [0.15, 0.2) is 52.3 Å². The summed E-state index contributed by atoms with van der Waals surface area (Å²) in [6.45, 7) is 0. The van der Waals surface area contributed by atoms with Crippen LogP contribution in [0.2, 0.25) is 5.02 Å². The maximum atomic E-state index is 11.7. The van der Waals surface area contributed by atoms with Crippen molar-refractivity contribution in [2.45, 2.75) is 41.1 Å². The second-order valence-corrected chi connectivity index (χ2v) is 7.51. The van der Waals surface area contributed by atoms with Gasteiger partial charge in [-0.25, -0.2) is 0 Å². The summed E-state index contributed by atoms with van der Waals surface area (Å²) in [4.78, 5) is 2.30. The standard InChI is InChI=1S/C18H17ClOS/c19-13-9-10-17-15(11-13)18(20,12-5-1-2-6-12)14-7-3-4-8-16(14)21-17/h3-4,7-12,20H,1-2,5-6H2. The predicted molar refractivity (Wildman–Crippen MR) is 87.0 cm³/mol. The van der Waals surface area contributed by atoms with Gasteiger partial charge in [-0.05, 0) is 43.0 Å². The molecular formula is C18H17ClOS. The molecule has 2 aromatic rings. The smallest absolute Gasteiger partial charge is 0.120 e. The van der Waals surface area contributed by atoms with Crippen LogP contribution in [0.1, 0.15) is 36.8 Å². The molecule has 0 spiro atoms. The Labute approximate surface area is 134 Å². The zero-order valence-corrected chi connectivity index (χ0v) is 13.3. The van der Waals surface area contributed by atoms with Crippen molar-refractivity contribution >= 4 is 23.4 Å². The van der Waals surface area contributed by atoms with Crippen LogP contribution in [0.5, 0.6) is 0 Å². The van der Waals surface area contributed by atoms with Crippen LogP contribution in [-0.4, -0.2) is 5.11 Å². The number of hydrogen-bond acceptors (Lipinski definition) is 2. The van der Waals surface area contributed by atoms with E-state index in [2.05, 4.69) is 12.1 Å². The fourth-order valence-electron chi connectivity index (χ4n) is 3.81. The van der Waals surface area contributed by atoms with E-state index in [0.717, 1.165) is 28.9 Å². The molecule has 1 unspecified atom stereocenters. The number of halogens is 1. The molecule has 1 aliphatic carbocycles. The molecule has 1 N–H and O–H groups in total. The topological polar surface area (TPSA) is 20.2 Å². The zero-order valence-electron chi connectivity index (χ0n) is 11.7. The van der Waals surface area contributed by atoms with Crippen molar-refractivity contribution in [2.24, 2.45) is 5.92 Å². The Morgan fingerprint density at radius 2 is 1.71 bits per heavy atom. The first-order valence-electron chi connectivity index (χ1n) is 7.49. The number of rotatable bonds is 1. The summed E-state index contributed by atoms with van der Waals surface area (Å²) >= 11 is 7.95. The van der Waals surface area contributed by atoms with Crippen molar-refractivity contribution in [1.82, 2.24) is 0 Å². The summed E-state index contributed by atoms with van der Waals surface area (Å²) in [5.74, 6) is 0.289. The van der Waals surface area contributed by atoms with Crippen molar-refractivity contribution in [3.8, 4) is 0 Å². The molecule has 3 heteroatoms. The number of aliphatic hydroxyl groups is 1. The highest BCUT2D eigenvalue weighted by Gasteiger charge is 2.46. The Balaban J connectivity index is 1.97. The molecule has 0 saturated heterocycles. The summed E-state index contributed by atoms with van der Waals surface area (Å²) in [6.07, 6.45) is 4.58. The highest BCUT2D eigenvalue weighted by molar-refractivity contribution is 7.99. The molecule has 1 fully saturated rings. The molecule has 1 nitrogen and oxygen atoms in total. The molecule has 1 atom stereocenters. The van der Waals surface area contributed by atoms with E-state index in [4.69, 9.17) is 11.6 Å². The second kappa shape index (κ2) is 5.05. The number of hydrogen-bond donors (Lipinski definition) is 1. The van der Waals surface area contributed by atoms with Gasteiger partial charge < -0.3 is 5.11 Å². The van der Waals surface area contributed by atoms with E-state index in [1.54, 1.807) is 11.8 Å². The summed E-state index contributed by atoms with van der Waals surface area (Å²) in [7, 11) is 0. The van der Waals surface area contributed by atoms with Gasteiger partial charge in [0.25, 0.3) is 0 Å². The highest BCUT2D eigenvalue weighted by atomic mass is 35.5. The van der Waals surface area contributed by atoms with Gasteiger partial charge in [0.05, 0.1) is 0 Å². The van der Waals surface area contributed by atoms with E-state index < -0.39 is 5.60 Å². The van der Waals surface area contributed by atoms with Crippen LogP contribution < -0.4 is 0 Å². The molecule has 108 valence electrons. The average molecular weight is 317 g/mol. The molecule has 4 rings (SSSR count). The van der Waals surface area contributed by atoms with Crippen molar-refractivity contribution in [3.63, 3.8) is 0 Å². The maximum absolute atomic E-state index is 11.7. The van der Waals surface area contributed by atoms with Crippen LogP contribution in [0.25, 0.3) is 0 Å². The minimum Gasteiger partial charge on any atom is -0.380 e. The highest BCUT2D eigenvalue weighted by Crippen LogP contribution is 2.54. The van der Waals surface area contributed by atoms with E-state index in [0.29, 0.717) is 5.02 Å². The largest absolute Gasteiger partial charge is 0.380 e. The monoisotopic (exact) mass is 316 g/mol. The second-order valence-electron chi connectivity index (χ2n) is 5.99. The van der Waals surface area contributed by atoms with Gasteiger partial charge in [-0.2, -0.15) is 0 Å². The Kier molecular flexibility index (Phi) is 3.29. The van der Waals surface area contributed by atoms with Crippen molar-refractivity contribution in [3.05, 3.63) is 58.6 Å². The van der Waals surface area contributed by atoms with Gasteiger partial charge in [0.2, 0.25) is 0 Å². The Bertz CT molecular complexity index is 693.